The molecule has 1 aliphatic rings. The Morgan fingerprint density at radius 2 is 2.08 bits per heavy atom. The number of halogens is 2. The van der Waals surface area contributed by atoms with Crippen LogP contribution in [0.1, 0.15) is 6.92 Å². The molecule has 8 heteroatoms. The Labute approximate surface area is 148 Å². The highest BCUT2D eigenvalue weighted by atomic mass is 35.5. The van der Waals surface area contributed by atoms with E-state index in [0.29, 0.717) is 16.4 Å². The quantitative estimate of drug-likeness (QED) is 0.765. The molecule has 2 aromatic carbocycles. The van der Waals surface area contributed by atoms with Crippen molar-refractivity contribution in [2.75, 3.05) is 10.6 Å². The molecule has 0 aliphatic carbocycles. The highest BCUT2D eigenvalue weighted by Crippen LogP contribution is 2.29. The van der Waals surface area contributed by atoms with Crippen molar-refractivity contribution in [3.05, 3.63) is 53.3 Å². The Balaban J connectivity index is 1.72. The molecular weight excluding hydrogens is 349 g/mol. The fourth-order valence-electron chi connectivity index (χ4n) is 2.45. The summed E-state index contributed by atoms with van der Waals surface area (Å²) in [5, 5.41) is 8.23. The molecule has 0 aromatic heterocycles. The van der Waals surface area contributed by atoms with E-state index in [1.165, 1.54) is 18.2 Å². The summed E-state index contributed by atoms with van der Waals surface area (Å²) >= 11 is 5.87. The molecule has 130 valence electrons. The smallest absolute Gasteiger partial charge is 0.320 e. The van der Waals surface area contributed by atoms with Crippen molar-refractivity contribution >= 4 is 34.9 Å². The van der Waals surface area contributed by atoms with Crippen molar-refractivity contribution in [3.8, 4) is 5.75 Å². The lowest BCUT2D eigenvalue weighted by Crippen LogP contribution is -2.52. The summed E-state index contributed by atoms with van der Waals surface area (Å²) in [5.74, 6) is -0.732. The third-order valence-electron chi connectivity index (χ3n) is 3.64. The topological polar surface area (TPSA) is 79.5 Å². The van der Waals surface area contributed by atoms with Crippen LogP contribution in [0.3, 0.4) is 0 Å². The minimum Gasteiger partial charge on any atom is -0.486 e. The van der Waals surface area contributed by atoms with Crippen LogP contribution in [0.5, 0.6) is 5.75 Å². The van der Waals surface area contributed by atoms with Gasteiger partial charge in [-0.3, -0.25) is 4.79 Å². The number of hydrogen-bond acceptors (Lipinski definition) is 3. The average Bonchev–Trinajstić information content (AvgIpc) is 2.65. The van der Waals surface area contributed by atoms with Gasteiger partial charge in [-0.05, 0) is 37.3 Å². The van der Waals surface area contributed by atoms with E-state index in [2.05, 4.69) is 16.0 Å². The lowest BCUT2D eigenvalue weighted by Gasteiger charge is -2.21. The highest BCUT2D eigenvalue weighted by molar-refractivity contribution is 6.30. The number of anilines is 2. The maximum absolute atomic E-state index is 13.4. The molecule has 0 spiro atoms. The zero-order chi connectivity index (χ0) is 18.0. The summed E-state index contributed by atoms with van der Waals surface area (Å²) in [7, 11) is 0. The van der Waals surface area contributed by atoms with Crippen molar-refractivity contribution in [2.24, 2.45) is 0 Å². The van der Waals surface area contributed by atoms with E-state index in [9.17, 15) is 14.0 Å². The molecule has 2 atom stereocenters. The molecule has 3 N–H and O–H groups in total. The largest absolute Gasteiger partial charge is 0.486 e. The van der Waals surface area contributed by atoms with Crippen LogP contribution in [0.4, 0.5) is 20.6 Å². The van der Waals surface area contributed by atoms with E-state index in [-0.39, 0.29) is 5.75 Å². The Bertz CT molecular complexity index is 831. The number of urea groups is 1. The summed E-state index contributed by atoms with van der Waals surface area (Å²) in [6.45, 7) is 1.61. The van der Waals surface area contributed by atoms with E-state index < -0.39 is 29.9 Å². The second-order valence-electron chi connectivity index (χ2n) is 5.54. The van der Waals surface area contributed by atoms with Gasteiger partial charge >= 0.3 is 6.03 Å². The van der Waals surface area contributed by atoms with Crippen LogP contribution in [0, 0.1) is 5.82 Å². The molecule has 1 aliphatic heterocycles. The Kier molecular flexibility index (Phi) is 4.76. The molecule has 1 heterocycles. The fourth-order valence-corrected chi connectivity index (χ4v) is 2.64. The lowest BCUT2D eigenvalue weighted by molar-refractivity contribution is -0.119. The van der Waals surface area contributed by atoms with E-state index >= 15 is 0 Å². The summed E-state index contributed by atoms with van der Waals surface area (Å²) in [5.41, 5.74) is 0.829. The fraction of sp³-hybridized carbons (Fsp3) is 0.176. The maximum Gasteiger partial charge on any atom is 0.320 e. The van der Waals surface area contributed by atoms with Crippen LogP contribution in [-0.4, -0.2) is 24.1 Å². The van der Waals surface area contributed by atoms with Gasteiger partial charge in [-0.2, -0.15) is 0 Å². The standard InChI is InChI=1S/C17H15ClFN3O3/c1-9-15(22-17(24)20-12-4-2-3-10(18)7-12)16(23)21-13-6-5-11(19)8-14(13)25-9/h2-9,15H,1H3,(H,21,23)(H2,20,22,24)/t9?,15-/m1/s1. The van der Waals surface area contributed by atoms with Crippen LogP contribution in [0.15, 0.2) is 42.5 Å². The lowest BCUT2D eigenvalue weighted by atomic mass is 10.1. The molecule has 0 bridgehead atoms. The predicted molar refractivity (Wildman–Crippen MR) is 92.5 cm³/mol. The van der Waals surface area contributed by atoms with Gasteiger partial charge in [0.15, 0.2) is 0 Å². The Morgan fingerprint density at radius 3 is 2.84 bits per heavy atom. The van der Waals surface area contributed by atoms with Crippen molar-refractivity contribution in [1.29, 1.82) is 0 Å². The Hall–Kier alpha value is -2.80. The second-order valence-corrected chi connectivity index (χ2v) is 5.98. The monoisotopic (exact) mass is 363 g/mol. The zero-order valence-corrected chi connectivity index (χ0v) is 13.9. The second kappa shape index (κ2) is 6.98. The molecule has 6 nitrogen and oxygen atoms in total. The number of nitrogens with one attached hydrogen (secondary N) is 3. The van der Waals surface area contributed by atoms with Crippen molar-refractivity contribution in [3.63, 3.8) is 0 Å². The van der Waals surface area contributed by atoms with Crippen LogP contribution in [0.25, 0.3) is 0 Å². The predicted octanol–water partition coefficient (Wildman–Crippen LogP) is 3.39. The van der Waals surface area contributed by atoms with Gasteiger partial charge in [0.2, 0.25) is 0 Å². The first kappa shape index (κ1) is 17.0. The summed E-state index contributed by atoms with van der Waals surface area (Å²) in [4.78, 5) is 24.5. The molecule has 25 heavy (non-hydrogen) atoms. The number of carbonyl (C=O) groups is 2. The third-order valence-corrected chi connectivity index (χ3v) is 3.87. The number of ether oxygens (including phenoxy) is 1. The number of rotatable bonds is 2. The minimum absolute atomic E-state index is 0.209. The van der Waals surface area contributed by atoms with Crippen LogP contribution >= 0.6 is 11.6 Å². The van der Waals surface area contributed by atoms with Gasteiger partial charge in [-0.25, -0.2) is 9.18 Å². The number of fused-ring (bicyclic) bond motifs is 1. The molecule has 0 saturated heterocycles. The average molecular weight is 364 g/mol. The first-order chi connectivity index (χ1) is 11.9. The van der Waals surface area contributed by atoms with E-state index in [4.69, 9.17) is 16.3 Å². The van der Waals surface area contributed by atoms with Gasteiger partial charge in [0.1, 0.15) is 23.7 Å². The SMILES string of the molecule is CC1Oc2cc(F)ccc2NC(=O)[C@@H]1NC(=O)Nc1cccc(Cl)c1. The number of benzene rings is 2. The zero-order valence-electron chi connectivity index (χ0n) is 13.2. The van der Waals surface area contributed by atoms with Crippen molar-refractivity contribution < 1.29 is 18.7 Å². The van der Waals surface area contributed by atoms with Gasteiger partial charge in [-0.1, -0.05) is 17.7 Å². The van der Waals surface area contributed by atoms with E-state index in [1.807, 2.05) is 0 Å². The van der Waals surface area contributed by atoms with Crippen molar-refractivity contribution in [1.82, 2.24) is 5.32 Å². The van der Waals surface area contributed by atoms with Gasteiger partial charge in [0, 0.05) is 16.8 Å². The van der Waals surface area contributed by atoms with E-state index in [1.54, 1.807) is 31.2 Å². The molecule has 2 aromatic rings. The molecule has 0 saturated carbocycles. The molecule has 0 radical (unpaired) electrons. The first-order valence-electron chi connectivity index (χ1n) is 7.52. The number of amides is 3. The van der Waals surface area contributed by atoms with Gasteiger partial charge in [0.05, 0.1) is 5.69 Å². The first-order valence-corrected chi connectivity index (χ1v) is 7.90. The summed E-state index contributed by atoms with van der Waals surface area (Å²) in [6.07, 6.45) is -0.701. The summed E-state index contributed by atoms with van der Waals surface area (Å²) in [6, 6.07) is 8.86. The minimum atomic E-state index is -0.963. The van der Waals surface area contributed by atoms with Crippen molar-refractivity contribution in [2.45, 2.75) is 19.1 Å². The number of carbonyl (C=O) groups excluding carboxylic acids is 2. The highest BCUT2D eigenvalue weighted by Gasteiger charge is 2.32. The Morgan fingerprint density at radius 1 is 1.28 bits per heavy atom. The van der Waals surface area contributed by atoms with Crippen LogP contribution < -0.4 is 20.7 Å². The third kappa shape index (κ3) is 4.00. The van der Waals surface area contributed by atoms with E-state index in [0.717, 1.165) is 0 Å². The molecule has 1 unspecified atom stereocenters. The van der Waals surface area contributed by atoms with Gasteiger partial charge < -0.3 is 20.7 Å². The number of hydrogen-bond donors (Lipinski definition) is 3. The molecule has 3 rings (SSSR count). The van der Waals surface area contributed by atoms with Crippen LogP contribution in [0.2, 0.25) is 5.02 Å². The van der Waals surface area contributed by atoms with Gasteiger partial charge in [0.25, 0.3) is 5.91 Å². The maximum atomic E-state index is 13.4. The van der Waals surface area contributed by atoms with Crippen LogP contribution in [-0.2, 0) is 4.79 Å². The van der Waals surface area contributed by atoms with Gasteiger partial charge in [-0.15, -0.1) is 0 Å². The molecule has 0 fully saturated rings. The molecular formula is C17H15ClFN3O3. The molecule has 3 amide bonds. The summed E-state index contributed by atoms with van der Waals surface area (Å²) < 4.78 is 19.0. The normalized spacial score (nSPS) is 19.1.